The highest BCUT2D eigenvalue weighted by atomic mass is 32.1. The Kier molecular flexibility index (Phi) is 2.17. The number of nitrogen functional groups attached to an aromatic ring is 2. The van der Waals surface area contributed by atoms with Gasteiger partial charge < -0.3 is 11.5 Å². The molecule has 3 heteroatoms. The molecule has 0 unspecified atom stereocenters. The molecular weight excluding hydrogens is 192 g/mol. The van der Waals surface area contributed by atoms with Gasteiger partial charge in [0.2, 0.25) is 0 Å². The first kappa shape index (κ1) is 9.09. The second kappa shape index (κ2) is 3.35. The molecule has 2 aromatic rings. The molecule has 72 valence electrons. The average Bonchev–Trinajstić information content (AvgIpc) is 2.56. The van der Waals surface area contributed by atoms with Gasteiger partial charge in [-0.05, 0) is 42.1 Å². The van der Waals surface area contributed by atoms with Gasteiger partial charge in [0.15, 0.2) is 0 Å². The second-order valence-corrected chi connectivity index (χ2v) is 4.25. The summed E-state index contributed by atoms with van der Waals surface area (Å²) < 4.78 is 0. The molecule has 4 N–H and O–H groups in total. The summed E-state index contributed by atoms with van der Waals surface area (Å²) in [6.07, 6.45) is 0. The normalized spacial score (nSPS) is 10.4. The van der Waals surface area contributed by atoms with Gasteiger partial charge >= 0.3 is 0 Å². The molecule has 1 aromatic heterocycles. The van der Waals surface area contributed by atoms with E-state index in [1.165, 1.54) is 10.4 Å². The lowest BCUT2D eigenvalue weighted by Crippen LogP contribution is -1.91. The molecule has 14 heavy (non-hydrogen) atoms. The fourth-order valence-electron chi connectivity index (χ4n) is 1.36. The van der Waals surface area contributed by atoms with Crippen molar-refractivity contribution >= 4 is 22.7 Å². The van der Waals surface area contributed by atoms with Crippen molar-refractivity contribution in [2.45, 2.75) is 6.92 Å². The Morgan fingerprint density at radius 3 is 2.57 bits per heavy atom. The van der Waals surface area contributed by atoms with Crippen molar-refractivity contribution < 1.29 is 0 Å². The minimum absolute atomic E-state index is 0.750. The molecule has 0 spiro atoms. The first-order valence-electron chi connectivity index (χ1n) is 4.37. The summed E-state index contributed by atoms with van der Waals surface area (Å²) in [5, 5.41) is 2.11. The molecule has 1 aromatic carbocycles. The first-order chi connectivity index (χ1) is 6.66. The second-order valence-electron chi connectivity index (χ2n) is 3.33. The third-order valence-corrected chi connectivity index (χ3v) is 3.15. The molecule has 0 aliphatic heterocycles. The van der Waals surface area contributed by atoms with E-state index in [0.717, 1.165) is 16.9 Å². The Balaban J connectivity index is 2.55. The molecule has 2 nitrogen and oxygen atoms in total. The van der Waals surface area contributed by atoms with Crippen molar-refractivity contribution in [3.05, 3.63) is 35.2 Å². The van der Waals surface area contributed by atoms with E-state index in [4.69, 9.17) is 11.5 Å². The van der Waals surface area contributed by atoms with Crippen LogP contribution in [0.2, 0.25) is 0 Å². The molecular formula is C11H12N2S. The van der Waals surface area contributed by atoms with Crippen molar-refractivity contribution in [3.8, 4) is 10.4 Å². The van der Waals surface area contributed by atoms with Crippen LogP contribution >= 0.6 is 11.3 Å². The molecule has 1 heterocycles. The summed E-state index contributed by atoms with van der Waals surface area (Å²) in [5.41, 5.74) is 15.4. The fourth-order valence-corrected chi connectivity index (χ4v) is 2.30. The zero-order valence-corrected chi connectivity index (χ0v) is 8.77. The molecule has 0 aliphatic rings. The van der Waals surface area contributed by atoms with E-state index in [2.05, 4.69) is 18.4 Å². The van der Waals surface area contributed by atoms with Crippen LogP contribution < -0.4 is 11.5 Å². The number of nitrogens with two attached hydrogens (primary N) is 2. The lowest BCUT2D eigenvalue weighted by atomic mass is 10.1. The predicted molar refractivity (Wildman–Crippen MR) is 63.3 cm³/mol. The van der Waals surface area contributed by atoms with Gasteiger partial charge in [0.1, 0.15) is 0 Å². The monoisotopic (exact) mass is 204 g/mol. The predicted octanol–water partition coefficient (Wildman–Crippen LogP) is 2.89. The molecule has 2 rings (SSSR count). The Morgan fingerprint density at radius 2 is 1.93 bits per heavy atom. The highest BCUT2D eigenvalue weighted by Crippen LogP contribution is 2.32. The Labute approximate surface area is 87.2 Å². The minimum atomic E-state index is 0.750. The molecule has 0 saturated carbocycles. The number of aryl methyl sites for hydroxylation is 1. The SMILES string of the molecule is Cc1csc(-c2cc(N)ccc2N)c1. The zero-order chi connectivity index (χ0) is 10.1. The van der Waals surface area contributed by atoms with E-state index in [1.54, 1.807) is 11.3 Å². The van der Waals surface area contributed by atoms with E-state index in [0.29, 0.717) is 0 Å². The van der Waals surface area contributed by atoms with Crippen LogP contribution in [0.1, 0.15) is 5.56 Å². The molecule has 0 saturated heterocycles. The molecule has 0 atom stereocenters. The van der Waals surface area contributed by atoms with E-state index >= 15 is 0 Å². The van der Waals surface area contributed by atoms with Crippen molar-refractivity contribution in [1.82, 2.24) is 0 Å². The first-order valence-corrected chi connectivity index (χ1v) is 5.25. The van der Waals surface area contributed by atoms with E-state index in [1.807, 2.05) is 18.2 Å². The third-order valence-electron chi connectivity index (χ3n) is 2.07. The Bertz CT molecular complexity index is 460. The fraction of sp³-hybridized carbons (Fsp3) is 0.0909. The van der Waals surface area contributed by atoms with Crippen LogP contribution in [-0.2, 0) is 0 Å². The van der Waals surface area contributed by atoms with Crippen LogP contribution in [0, 0.1) is 6.92 Å². The van der Waals surface area contributed by atoms with Crippen LogP contribution in [0.4, 0.5) is 11.4 Å². The van der Waals surface area contributed by atoms with Crippen molar-refractivity contribution in [2.75, 3.05) is 11.5 Å². The highest BCUT2D eigenvalue weighted by molar-refractivity contribution is 7.13. The minimum Gasteiger partial charge on any atom is -0.399 e. The van der Waals surface area contributed by atoms with Gasteiger partial charge in [-0.15, -0.1) is 11.3 Å². The van der Waals surface area contributed by atoms with Crippen molar-refractivity contribution in [1.29, 1.82) is 0 Å². The van der Waals surface area contributed by atoms with Gasteiger partial charge in [-0.1, -0.05) is 0 Å². The summed E-state index contributed by atoms with van der Waals surface area (Å²) in [6, 6.07) is 7.70. The van der Waals surface area contributed by atoms with E-state index in [-0.39, 0.29) is 0 Å². The van der Waals surface area contributed by atoms with Crippen LogP contribution in [0.3, 0.4) is 0 Å². The number of hydrogen-bond donors (Lipinski definition) is 2. The maximum Gasteiger partial charge on any atom is 0.0403 e. The summed E-state index contributed by atoms with van der Waals surface area (Å²) in [6.45, 7) is 2.07. The van der Waals surface area contributed by atoms with Gasteiger partial charge in [-0.3, -0.25) is 0 Å². The van der Waals surface area contributed by atoms with Crippen molar-refractivity contribution in [2.24, 2.45) is 0 Å². The molecule has 0 fully saturated rings. The standard InChI is InChI=1S/C11H12N2S/c1-7-4-11(14-6-7)9-5-8(12)2-3-10(9)13/h2-6H,12-13H2,1H3. The third kappa shape index (κ3) is 1.59. The molecule has 0 radical (unpaired) electrons. The molecule has 0 bridgehead atoms. The number of benzene rings is 1. The van der Waals surface area contributed by atoms with Crippen LogP contribution in [0.15, 0.2) is 29.6 Å². The lowest BCUT2D eigenvalue weighted by Gasteiger charge is -2.03. The lowest BCUT2D eigenvalue weighted by molar-refractivity contribution is 1.55. The molecule has 0 amide bonds. The van der Waals surface area contributed by atoms with Gasteiger partial charge in [-0.25, -0.2) is 0 Å². The number of rotatable bonds is 1. The van der Waals surface area contributed by atoms with Gasteiger partial charge in [0, 0.05) is 21.8 Å². The van der Waals surface area contributed by atoms with Crippen LogP contribution in [0.5, 0.6) is 0 Å². The summed E-state index contributed by atoms with van der Waals surface area (Å²) in [4.78, 5) is 1.17. The summed E-state index contributed by atoms with van der Waals surface area (Å²) >= 11 is 1.69. The highest BCUT2D eigenvalue weighted by Gasteiger charge is 2.04. The Morgan fingerprint density at radius 1 is 1.14 bits per heavy atom. The van der Waals surface area contributed by atoms with Crippen LogP contribution in [-0.4, -0.2) is 0 Å². The summed E-state index contributed by atoms with van der Waals surface area (Å²) in [7, 11) is 0. The number of hydrogen-bond acceptors (Lipinski definition) is 3. The van der Waals surface area contributed by atoms with Crippen LogP contribution in [0.25, 0.3) is 10.4 Å². The van der Waals surface area contributed by atoms with Gasteiger partial charge in [0.25, 0.3) is 0 Å². The Hall–Kier alpha value is -1.48. The van der Waals surface area contributed by atoms with E-state index in [9.17, 15) is 0 Å². The molecule has 0 aliphatic carbocycles. The zero-order valence-electron chi connectivity index (χ0n) is 7.95. The maximum atomic E-state index is 5.88. The van der Waals surface area contributed by atoms with E-state index < -0.39 is 0 Å². The summed E-state index contributed by atoms with van der Waals surface area (Å²) in [5.74, 6) is 0. The van der Waals surface area contributed by atoms with Gasteiger partial charge in [-0.2, -0.15) is 0 Å². The largest absolute Gasteiger partial charge is 0.399 e. The number of thiophene rings is 1. The average molecular weight is 204 g/mol. The van der Waals surface area contributed by atoms with Crippen molar-refractivity contribution in [3.63, 3.8) is 0 Å². The topological polar surface area (TPSA) is 52.0 Å². The maximum absolute atomic E-state index is 5.88. The number of anilines is 2. The van der Waals surface area contributed by atoms with Gasteiger partial charge in [0.05, 0.1) is 0 Å². The smallest absolute Gasteiger partial charge is 0.0403 e. The quantitative estimate of drug-likeness (QED) is 0.702.